The average Bonchev–Trinajstić information content (AvgIpc) is 3.26. The van der Waals surface area contributed by atoms with Crippen LogP contribution in [0.25, 0.3) is 0 Å². The summed E-state index contributed by atoms with van der Waals surface area (Å²) in [6.45, 7) is 11.3. The number of nitrogens with two attached hydrogens (primary N) is 1. The Hall–Kier alpha value is -0.280. The molecule has 0 aromatic rings. The summed E-state index contributed by atoms with van der Waals surface area (Å²) in [5, 5.41) is 3.60. The van der Waals surface area contributed by atoms with Gasteiger partial charge in [-0.15, -0.1) is 0 Å². The van der Waals surface area contributed by atoms with E-state index in [0.717, 1.165) is 29.6 Å². The highest BCUT2D eigenvalue weighted by atomic mass is 15.7. The molecule has 3 saturated carbocycles. The molecule has 0 aliphatic heterocycles. The van der Waals surface area contributed by atoms with E-state index in [2.05, 4.69) is 60.4 Å². The smallest absolute Gasteiger partial charge is 0.0732 e. The van der Waals surface area contributed by atoms with Crippen molar-refractivity contribution in [3.8, 4) is 0 Å². The van der Waals surface area contributed by atoms with Crippen LogP contribution in [0, 0.1) is 35.0 Å². The first-order valence-electron chi connectivity index (χ1n) is 14.1. The predicted octanol–water partition coefficient (Wildman–Crippen LogP) is 3.71. The van der Waals surface area contributed by atoms with Gasteiger partial charge in [0.05, 0.1) is 6.67 Å². The predicted molar refractivity (Wildman–Crippen MR) is 138 cm³/mol. The Balaban J connectivity index is 1.50. The van der Waals surface area contributed by atoms with Gasteiger partial charge in [0.1, 0.15) is 0 Å². The van der Waals surface area contributed by atoms with Crippen molar-refractivity contribution in [1.82, 2.24) is 32.7 Å². The molecule has 0 radical (unpaired) electrons. The van der Waals surface area contributed by atoms with E-state index in [0.29, 0.717) is 24.2 Å². The van der Waals surface area contributed by atoms with Crippen LogP contribution in [0.15, 0.2) is 0 Å². The molecular weight excluding hydrogens is 410 g/mol. The standard InChI is InChI=1S/C26H55N7/c1-5-7-25-24(21-10-9-20(16-21)8-6-15-28-19(2)3)12-11-22-17-23(13-14-26(22,25)4)31-33-32-30-18-29-27/h19-25,28-33H,5-18,27H2,1-4H3/t20-,21?,22?,23?,24?,25?,26?/m0/s1. The van der Waals surface area contributed by atoms with E-state index >= 15 is 0 Å². The van der Waals surface area contributed by atoms with E-state index in [1.54, 1.807) is 0 Å². The number of fused-ring (bicyclic) bond motifs is 1. The van der Waals surface area contributed by atoms with Gasteiger partial charge in [0.15, 0.2) is 0 Å². The van der Waals surface area contributed by atoms with E-state index in [-0.39, 0.29) is 0 Å². The zero-order chi connectivity index (χ0) is 23.7. The van der Waals surface area contributed by atoms with Gasteiger partial charge in [-0.25, -0.2) is 16.3 Å². The lowest BCUT2D eigenvalue weighted by molar-refractivity contribution is -0.0657. The summed E-state index contributed by atoms with van der Waals surface area (Å²) < 4.78 is 0. The van der Waals surface area contributed by atoms with Crippen LogP contribution in [0.4, 0.5) is 0 Å². The normalized spacial score (nSPS) is 36.9. The number of hydrogen-bond acceptors (Lipinski definition) is 7. The van der Waals surface area contributed by atoms with Crippen LogP contribution in [0.1, 0.15) is 105 Å². The molecule has 0 spiro atoms. The van der Waals surface area contributed by atoms with Crippen molar-refractivity contribution in [2.75, 3.05) is 13.2 Å². The Labute approximate surface area is 203 Å². The summed E-state index contributed by atoms with van der Waals surface area (Å²) in [6.07, 6.45) is 16.9. The molecule has 3 aliphatic carbocycles. The molecule has 6 unspecified atom stereocenters. The zero-order valence-electron chi connectivity index (χ0n) is 22.0. The Kier molecular flexibility index (Phi) is 11.3. The molecule has 33 heavy (non-hydrogen) atoms. The van der Waals surface area contributed by atoms with Crippen LogP contribution in [0.3, 0.4) is 0 Å². The fourth-order valence-electron chi connectivity index (χ4n) is 7.81. The number of hydrogen-bond donors (Lipinski definition) is 7. The zero-order valence-corrected chi connectivity index (χ0v) is 22.0. The molecule has 0 heterocycles. The maximum Gasteiger partial charge on any atom is 0.0732 e. The molecule has 0 bridgehead atoms. The Morgan fingerprint density at radius 3 is 2.61 bits per heavy atom. The maximum atomic E-state index is 5.28. The van der Waals surface area contributed by atoms with Crippen molar-refractivity contribution in [2.24, 2.45) is 40.8 Å². The van der Waals surface area contributed by atoms with E-state index in [1.807, 2.05) is 0 Å². The third-order valence-corrected chi connectivity index (χ3v) is 9.49. The van der Waals surface area contributed by atoms with Crippen LogP contribution in [0.2, 0.25) is 0 Å². The minimum Gasteiger partial charge on any atom is -0.315 e. The first kappa shape index (κ1) is 27.3. The van der Waals surface area contributed by atoms with Gasteiger partial charge in [0.25, 0.3) is 0 Å². The van der Waals surface area contributed by atoms with Gasteiger partial charge in [-0.1, -0.05) is 40.5 Å². The van der Waals surface area contributed by atoms with Crippen LogP contribution in [0.5, 0.6) is 0 Å². The molecule has 3 rings (SSSR count). The van der Waals surface area contributed by atoms with Crippen molar-refractivity contribution < 1.29 is 0 Å². The summed E-state index contributed by atoms with van der Waals surface area (Å²) in [7, 11) is 0. The Morgan fingerprint density at radius 1 is 1.00 bits per heavy atom. The molecule has 8 N–H and O–H groups in total. The lowest BCUT2D eigenvalue weighted by Gasteiger charge is -2.56. The molecule has 0 amide bonds. The van der Waals surface area contributed by atoms with Gasteiger partial charge >= 0.3 is 0 Å². The highest BCUT2D eigenvalue weighted by Crippen LogP contribution is 2.59. The van der Waals surface area contributed by atoms with Gasteiger partial charge < -0.3 is 5.32 Å². The second kappa shape index (κ2) is 13.7. The fourth-order valence-corrected chi connectivity index (χ4v) is 7.81. The minimum absolute atomic E-state index is 0.511. The average molecular weight is 466 g/mol. The van der Waals surface area contributed by atoms with E-state index < -0.39 is 0 Å². The van der Waals surface area contributed by atoms with Crippen LogP contribution >= 0.6 is 0 Å². The summed E-state index contributed by atoms with van der Waals surface area (Å²) in [5.41, 5.74) is 15.6. The van der Waals surface area contributed by atoms with Gasteiger partial charge in [0, 0.05) is 12.1 Å². The summed E-state index contributed by atoms with van der Waals surface area (Å²) in [5.74, 6) is 10.0. The number of rotatable bonds is 14. The third-order valence-electron chi connectivity index (χ3n) is 9.49. The minimum atomic E-state index is 0.511. The van der Waals surface area contributed by atoms with Crippen LogP contribution in [-0.4, -0.2) is 25.3 Å². The quantitative estimate of drug-likeness (QED) is 0.0909. The number of hydrazine groups is 4. The maximum absolute atomic E-state index is 5.28. The summed E-state index contributed by atoms with van der Waals surface area (Å²) >= 11 is 0. The van der Waals surface area contributed by atoms with E-state index in [9.17, 15) is 0 Å². The van der Waals surface area contributed by atoms with Crippen molar-refractivity contribution in [3.63, 3.8) is 0 Å². The summed E-state index contributed by atoms with van der Waals surface area (Å²) in [6, 6.07) is 1.16. The topological polar surface area (TPSA) is 98.2 Å². The molecule has 194 valence electrons. The molecular formula is C26H55N7. The van der Waals surface area contributed by atoms with Gasteiger partial charge in [-0.2, -0.15) is 11.1 Å². The van der Waals surface area contributed by atoms with Crippen molar-refractivity contribution in [2.45, 2.75) is 117 Å². The summed E-state index contributed by atoms with van der Waals surface area (Å²) in [4.78, 5) is 0. The SMILES string of the molecule is CCCC1C(C2CC[C@H](CCCNC(C)C)C2)CCC2CC(NNNNCNN)CCC21C. The first-order chi connectivity index (χ1) is 16.0. The molecule has 0 aromatic carbocycles. The highest BCUT2D eigenvalue weighted by molar-refractivity contribution is 5.02. The molecule has 3 aliphatic rings. The largest absolute Gasteiger partial charge is 0.315 e. The van der Waals surface area contributed by atoms with Gasteiger partial charge in [0.2, 0.25) is 0 Å². The Morgan fingerprint density at radius 2 is 1.85 bits per heavy atom. The van der Waals surface area contributed by atoms with E-state index in [1.165, 1.54) is 83.6 Å². The van der Waals surface area contributed by atoms with Crippen LogP contribution < -0.4 is 38.5 Å². The highest BCUT2D eigenvalue weighted by Gasteiger charge is 2.52. The lowest BCUT2D eigenvalue weighted by Crippen LogP contribution is -2.58. The second-order valence-electron chi connectivity index (χ2n) is 12.0. The second-order valence-corrected chi connectivity index (χ2v) is 12.0. The number of nitrogens with one attached hydrogen (secondary N) is 6. The first-order valence-corrected chi connectivity index (χ1v) is 14.1. The molecule has 7 nitrogen and oxygen atoms in total. The van der Waals surface area contributed by atoms with Crippen LogP contribution in [-0.2, 0) is 0 Å². The van der Waals surface area contributed by atoms with E-state index in [4.69, 9.17) is 5.84 Å². The van der Waals surface area contributed by atoms with Gasteiger partial charge in [-0.3, -0.25) is 5.84 Å². The van der Waals surface area contributed by atoms with Crippen molar-refractivity contribution >= 4 is 0 Å². The van der Waals surface area contributed by atoms with Crippen molar-refractivity contribution in [1.29, 1.82) is 0 Å². The molecule has 0 aromatic heterocycles. The fraction of sp³-hybridized carbons (Fsp3) is 1.00. The molecule has 7 atom stereocenters. The van der Waals surface area contributed by atoms with Crippen molar-refractivity contribution in [3.05, 3.63) is 0 Å². The Bertz CT molecular complexity index is 545. The monoisotopic (exact) mass is 465 g/mol. The lowest BCUT2D eigenvalue weighted by atomic mass is 9.49. The third kappa shape index (κ3) is 7.60. The van der Waals surface area contributed by atoms with Gasteiger partial charge in [-0.05, 0) is 106 Å². The molecule has 0 saturated heterocycles. The molecule has 3 fully saturated rings. The molecule has 7 heteroatoms.